The number of thiophene rings is 1. The number of carbonyl (C=O) groups is 2. The SMILES string of the molecule is CCOC(=O)C1=C(Cn2cnc3scc(-c4ccc(F)cc4)c3c2=O)NC(=O)NC1c1ccccc1. The molecule has 0 radical (unpaired) electrons. The van der Waals surface area contributed by atoms with Crippen LogP contribution in [0.5, 0.6) is 0 Å². The van der Waals surface area contributed by atoms with Gasteiger partial charge in [0.15, 0.2) is 0 Å². The zero-order valence-electron chi connectivity index (χ0n) is 19.2. The number of aromatic nitrogens is 2. The minimum atomic E-state index is -0.752. The van der Waals surface area contributed by atoms with E-state index in [1.165, 1.54) is 34.4 Å². The second-order valence-electron chi connectivity index (χ2n) is 8.07. The number of urea groups is 1. The molecule has 10 heteroatoms. The summed E-state index contributed by atoms with van der Waals surface area (Å²) in [6.45, 7) is 1.74. The van der Waals surface area contributed by atoms with Crippen molar-refractivity contribution >= 4 is 33.6 Å². The normalized spacial score (nSPS) is 15.5. The number of ether oxygens (including phenoxy) is 1. The fourth-order valence-electron chi connectivity index (χ4n) is 4.18. The molecule has 0 bridgehead atoms. The van der Waals surface area contributed by atoms with Gasteiger partial charge in [-0.2, -0.15) is 0 Å². The molecule has 0 fully saturated rings. The lowest BCUT2D eigenvalue weighted by molar-refractivity contribution is -0.139. The number of amides is 2. The van der Waals surface area contributed by atoms with Crippen molar-refractivity contribution in [2.75, 3.05) is 6.61 Å². The highest BCUT2D eigenvalue weighted by Crippen LogP contribution is 2.31. The Bertz CT molecular complexity index is 1540. The minimum absolute atomic E-state index is 0.106. The Kier molecular flexibility index (Phi) is 6.34. The van der Waals surface area contributed by atoms with Crippen molar-refractivity contribution in [1.82, 2.24) is 20.2 Å². The summed E-state index contributed by atoms with van der Waals surface area (Å²) in [5.41, 5.74) is 2.13. The van der Waals surface area contributed by atoms with Crippen molar-refractivity contribution in [2.24, 2.45) is 0 Å². The average molecular weight is 505 g/mol. The lowest BCUT2D eigenvalue weighted by Gasteiger charge is -2.29. The third kappa shape index (κ3) is 4.38. The van der Waals surface area contributed by atoms with Gasteiger partial charge in [-0.05, 0) is 30.2 Å². The lowest BCUT2D eigenvalue weighted by atomic mass is 9.95. The maximum atomic E-state index is 13.5. The first-order chi connectivity index (χ1) is 17.5. The highest BCUT2D eigenvalue weighted by atomic mass is 32.1. The van der Waals surface area contributed by atoms with Gasteiger partial charge in [-0.15, -0.1) is 11.3 Å². The van der Waals surface area contributed by atoms with Crippen LogP contribution in [-0.2, 0) is 16.1 Å². The van der Waals surface area contributed by atoms with Gasteiger partial charge in [0, 0.05) is 10.9 Å². The molecule has 0 saturated carbocycles. The number of hydrogen-bond acceptors (Lipinski definition) is 6. The molecular formula is C26H21FN4O4S. The van der Waals surface area contributed by atoms with Crippen LogP contribution < -0.4 is 16.2 Å². The van der Waals surface area contributed by atoms with E-state index in [1.54, 1.807) is 36.6 Å². The molecule has 2 aromatic heterocycles. The summed E-state index contributed by atoms with van der Waals surface area (Å²) in [5.74, 6) is -0.972. The van der Waals surface area contributed by atoms with Gasteiger partial charge in [0.25, 0.3) is 5.56 Å². The van der Waals surface area contributed by atoms with Crippen LogP contribution in [0.2, 0.25) is 0 Å². The Balaban J connectivity index is 1.62. The Morgan fingerprint density at radius 2 is 1.89 bits per heavy atom. The van der Waals surface area contributed by atoms with E-state index < -0.39 is 18.0 Å². The van der Waals surface area contributed by atoms with Crippen molar-refractivity contribution in [3.05, 3.63) is 99.3 Å². The van der Waals surface area contributed by atoms with Crippen molar-refractivity contribution < 1.29 is 18.7 Å². The van der Waals surface area contributed by atoms with Gasteiger partial charge in [-0.1, -0.05) is 42.5 Å². The molecule has 4 aromatic rings. The number of esters is 1. The van der Waals surface area contributed by atoms with Gasteiger partial charge in [-0.25, -0.2) is 19.0 Å². The molecule has 1 unspecified atom stereocenters. The zero-order chi connectivity index (χ0) is 25.2. The van der Waals surface area contributed by atoms with Gasteiger partial charge in [0.05, 0.1) is 42.2 Å². The summed E-state index contributed by atoms with van der Waals surface area (Å²) >= 11 is 1.31. The van der Waals surface area contributed by atoms with Crippen LogP contribution in [0.15, 0.2) is 82.4 Å². The molecule has 0 spiro atoms. The number of halogens is 1. The number of benzene rings is 2. The predicted molar refractivity (Wildman–Crippen MR) is 134 cm³/mol. The number of allylic oxidation sites excluding steroid dienone is 1. The Morgan fingerprint density at radius 3 is 2.61 bits per heavy atom. The first kappa shape index (κ1) is 23.4. The van der Waals surface area contributed by atoms with Gasteiger partial charge < -0.3 is 15.4 Å². The Morgan fingerprint density at radius 1 is 1.14 bits per heavy atom. The van der Waals surface area contributed by atoms with Gasteiger partial charge in [-0.3, -0.25) is 9.36 Å². The molecule has 1 aliphatic rings. The van der Waals surface area contributed by atoms with Crippen molar-refractivity contribution in [3.8, 4) is 11.1 Å². The van der Waals surface area contributed by atoms with E-state index in [-0.39, 0.29) is 35.8 Å². The molecule has 2 amide bonds. The van der Waals surface area contributed by atoms with E-state index in [4.69, 9.17) is 4.74 Å². The number of rotatable bonds is 6. The molecule has 3 heterocycles. The van der Waals surface area contributed by atoms with Gasteiger partial charge in [0.1, 0.15) is 10.6 Å². The van der Waals surface area contributed by atoms with Crippen LogP contribution in [0.1, 0.15) is 18.5 Å². The molecule has 2 aromatic carbocycles. The second kappa shape index (κ2) is 9.74. The smallest absolute Gasteiger partial charge is 0.338 e. The fourth-order valence-corrected chi connectivity index (χ4v) is 5.09. The maximum absolute atomic E-state index is 13.5. The summed E-state index contributed by atoms with van der Waals surface area (Å²) in [6.07, 6.45) is 1.39. The highest BCUT2D eigenvalue weighted by Gasteiger charge is 2.34. The zero-order valence-corrected chi connectivity index (χ0v) is 20.0. The van der Waals surface area contributed by atoms with Crippen molar-refractivity contribution in [2.45, 2.75) is 19.5 Å². The summed E-state index contributed by atoms with van der Waals surface area (Å²) < 4.78 is 20.1. The maximum Gasteiger partial charge on any atom is 0.338 e. The van der Waals surface area contributed by atoms with E-state index in [2.05, 4.69) is 15.6 Å². The van der Waals surface area contributed by atoms with Crippen LogP contribution in [0, 0.1) is 5.82 Å². The number of carbonyl (C=O) groups excluding carboxylic acids is 2. The van der Waals surface area contributed by atoms with E-state index in [1.807, 2.05) is 18.2 Å². The third-order valence-electron chi connectivity index (χ3n) is 5.83. The van der Waals surface area contributed by atoms with Crippen LogP contribution in [0.4, 0.5) is 9.18 Å². The van der Waals surface area contributed by atoms with E-state index in [0.29, 0.717) is 26.9 Å². The predicted octanol–water partition coefficient (Wildman–Crippen LogP) is 4.14. The highest BCUT2D eigenvalue weighted by molar-refractivity contribution is 7.17. The van der Waals surface area contributed by atoms with Crippen molar-refractivity contribution in [1.29, 1.82) is 0 Å². The molecular weight excluding hydrogens is 483 g/mol. The van der Waals surface area contributed by atoms with Crippen molar-refractivity contribution in [3.63, 3.8) is 0 Å². The molecule has 36 heavy (non-hydrogen) atoms. The number of nitrogens with one attached hydrogen (secondary N) is 2. The van der Waals surface area contributed by atoms with Crippen LogP contribution >= 0.6 is 11.3 Å². The molecule has 182 valence electrons. The van der Waals surface area contributed by atoms with E-state index in [9.17, 15) is 18.8 Å². The first-order valence-electron chi connectivity index (χ1n) is 11.2. The van der Waals surface area contributed by atoms with E-state index in [0.717, 1.165) is 0 Å². The molecule has 1 atom stereocenters. The average Bonchev–Trinajstić information content (AvgIpc) is 3.31. The number of nitrogens with zero attached hydrogens (tertiary/aromatic N) is 2. The molecule has 1 aliphatic heterocycles. The second-order valence-corrected chi connectivity index (χ2v) is 8.93. The molecule has 5 rings (SSSR count). The number of fused-ring (bicyclic) bond motifs is 1. The summed E-state index contributed by atoms with van der Waals surface area (Å²) in [5, 5.41) is 7.64. The van der Waals surface area contributed by atoms with Crippen LogP contribution in [0.25, 0.3) is 21.3 Å². The quantitative estimate of drug-likeness (QED) is 0.385. The van der Waals surface area contributed by atoms with Crippen LogP contribution in [-0.4, -0.2) is 28.2 Å². The molecule has 0 aliphatic carbocycles. The minimum Gasteiger partial charge on any atom is -0.463 e. The van der Waals surface area contributed by atoms with Gasteiger partial charge in [0.2, 0.25) is 0 Å². The lowest BCUT2D eigenvalue weighted by Crippen LogP contribution is -2.47. The molecule has 2 N–H and O–H groups in total. The third-order valence-corrected chi connectivity index (χ3v) is 6.71. The topological polar surface area (TPSA) is 102 Å². The van der Waals surface area contributed by atoms with E-state index >= 15 is 0 Å². The molecule has 8 nitrogen and oxygen atoms in total. The Labute approximate surface area is 209 Å². The summed E-state index contributed by atoms with van der Waals surface area (Å²) in [7, 11) is 0. The fraction of sp³-hybridized carbons (Fsp3) is 0.154. The molecule has 0 saturated heterocycles. The number of hydrogen-bond donors (Lipinski definition) is 2. The van der Waals surface area contributed by atoms with Gasteiger partial charge >= 0.3 is 12.0 Å². The van der Waals surface area contributed by atoms with Crippen LogP contribution in [0.3, 0.4) is 0 Å². The summed E-state index contributed by atoms with van der Waals surface area (Å²) in [6, 6.07) is 13.7. The largest absolute Gasteiger partial charge is 0.463 e. The summed E-state index contributed by atoms with van der Waals surface area (Å²) in [4.78, 5) is 44.1. The monoisotopic (exact) mass is 504 g/mol. The Hall–Kier alpha value is -4.31. The first-order valence-corrected chi connectivity index (χ1v) is 12.1. The standard InChI is InChI=1S/C26H21FN4O4S/c1-2-35-25(33)21-19(29-26(34)30-22(21)16-6-4-3-5-7-16)12-31-14-28-23-20(24(31)32)18(13-36-23)15-8-10-17(27)11-9-15/h3-11,13-14,22H,2,12H2,1H3,(H2,29,30,34).